The van der Waals surface area contributed by atoms with Crippen LogP contribution >= 0.6 is 11.3 Å². The predicted octanol–water partition coefficient (Wildman–Crippen LogP) is 4.51. The molecule has 0 aromatic carbocycles. The minimum atomic E-state index is -0.893. The van der Waals surface area contributed by atoms with Crippen LogP contribution in [-0.4, -0.2) is 20.9 Å². The summed E-state index contributed by atoms with van der Waals surface area (Å²) >= 11 is 1.60. The van der Waals surface area contributed by atoms with Crippen LogP contribution in [0.5, 0.6) is 0 Å². The van der Waals surface area contributed by atoms with E-state index in [4.69, 9.17) is 0 Å². The lowest BCUT2D eigenvalue weighted by molar-refractivity contribution is 0.0697. The minimum Gasteiger partial charge on any atom is -0.478 e. The minimum absolute atomic E-state index is 0.320. The molecule has 0 atom stereocenters. The Balaban J connectivity index is 1.97. The van der Waals surface area contributed by atoms with Crippen molar-refractivity contribution in [3.8, 4) is 10.6 Å². The molecular formula is C16H20N2O2S. The van der Waals surface area contributed by atoms with Gasteiger partial charge in [0, 0.05) is 11.1 Å². The van der Waals surface area contributed by atoms with Crippen molar-refractivity contribution in [1.82, 2.24) is 9.78 Å². The quantitative estimate of drug-likeness (QED) is 0.849. The highest BCUT2D eigenvalue weighted by molar-refractivity contribution is 7.15. The van der Waals surface area contributed by atoms with E-state index < -0.39 is 5.97 Å². The molecule has 4 nitrogen and oxygen atoms in total. The van der Waals surface area contributed by atoms with E-state index in [0.29, 0.717) is 17.3 Å². The lowest BCUT2D eigenvalue weighted by Crippen LogP contribution is -2.08. The summed E-state index contributed by atoms with van der Waals surface area (Å²) in [5.74, 6) is -0.893. The molecule has 0 saturated heterocycles. The van der Waals surface area contributed by atoms with E-state index in [1.54, 1.807) is 17.5 Å². The number of aromatic nitrogens is 2. The number of aromatic carboxylic acids is 1. The van der Waals surface area contributed by atoms with Gasteiger partial charge in [-0.25, -0.2) is 4.79 Å². The lowest BCUT2D eigenvalue weighted by atomic mass is 10.1. The maximum Gasteiger partial charge on any atom is 0.339 e. The summed E-state index contributed by atoms with van der Waals surface area (Å²) in [6.07, 6.45) is 8.90. The molecule has 2 aromatic rings. The number of nitrogens with zero attached hydrogens (tertiary/aromatic N) is 2. The topological polar surface area (TPSA) is 55.1 Å². The molecule has 2 aromatic heterocycles. The van der Waals surface area contributed by atoms with Crippen molar-refractivity contribution in [3.05, 3.63) is 28.8 Å². The molecule has 1 saturated carbocycles. The van der Waals surface area contributed by atoms with Gasteiger partial charge in [-0.1, -0.05) is 25.7 Å². The molecule has 0 bridgehead atoms. The zero-order chi connectivity index (χ0) is 14.8. The van der Waals surface area contributed by atoms with Crippen LogP contribution in [0.4, 0.5) is 0 Å². The highest BCUT2D eigenvalue weighted by Crippen LogP contribution is 2.32. The van der Waals surface area contributed by atoms with Crippen LogP contribution in [0.15, 0.2) is 18.3 Å². The third kappa shape index (κ3) is 3.02. The van der Waals surface area contributed by atoms with Crippen LogP contribution in [-0.2, 0) is 0 Å². The second-order valence-electron chi connectivity index (χ2n) is 5.73. The summed E-state index contributed by atoms with van der Waals surface area (Å²) in [4.78, 5) is 13.6. The number of hydrogen-bond donors (Lipinski definition) is 1. The van der Waals surface area contributed by atoms with E-state index in [1.165, 1.54) is 30.6 Å². The highest BCUT2D eigenvalue weighted by atomic mass is 32.1. The van der Waals surface area contributed by atoms with Crippen molar-refractivity contribution in [2.75, 3.05) is 0 Å². The van der Waals surface area contributed by atoms with E-state index in [9.17, 15) is 9.90 Å². The Morgan fingerprint density at radius 2 is 2.00 bits per heavy atom. The molecule has 5 heteroatoms. The fourth-order valence-corrected chi connectivity index (χ4v) is 3.87. The third-order valence-electron chi connectivity index (χ3n) is 4.13. The molecule has 1 aliphatic rings. The van der Waals surface area contributed by atoms with Gasteiger partial charge in [0.2, 0.25) is 0 Å². The number of hydrogen-bond acceptors (Lipinski definition) is 3. The second kappa shape index (κ2) is 6.02. The van der Waals surface area contributed by atoms with Crippen molar-refractivity contribution in [2.45, 2.75) is 51.5 Å². The molecular weight excluding hydrogens is 284 g/mol. The maximum absolute atomic E-state index is 11.5. The molecule has 3 rings (SSSR count). The van der Waals surface area contributed by atoms with Crippen LogP contribution in [0.25, 0.3) is 10.6 Å². The van der Waals surface area contributed by atoms with Crippen molar-refractivity contribution >= 4 is 17.3 Å². The molecule has 2 heterocycles. The average molecular weight is 304 g/mol. The summed E-state index contributed by atoms with van der Waals surface area (Å²) in [6, 6.07) is 4.32. The van der Waals surface area contributed by atoms with E-state index >= 15 is 0 Å². The van der Waals surface area contributed by atoms with Crippen LogP contribution in [0.3, 0.4) is 0 Å². The van der Waals surface area contributed by atoms with Crippen molar-refractivity contribution < 1.29 is 9.90 Å². The van der Waals surface area contributed by atoms with Crippen molar-refractivity contribution in [1.29, 1.82) is 0 Å². The zero-order valence-corrected chi connectivity index (χ0v) is 13.0. The summed E-state index contributed by atoms with van der Waals surface area (Å²) in [5, 5.41) is 14.1. The Kier molecular flexibility index (Phi) is 4.10. The molecule has 0 aliphatic heterocycles. The molecule has 1 N–H and O–H groups in total. The fourth-order valence-electron chi connectivity index (χ4n) is 3.00. The van der Waals surface area contributed by atoms with Crippen LogP contribution in [0, 0.1) is 6.92 Å². The van der Waals surface area contributed by atoms with Crippen molar-refractivity contribution in [3.63, 3.8) is 0 Å². The Hall–Kier alpha value is -1.62. The standard InChI is InChI=1S/C16H20N2O2S/c1-11-8-9-14(21-11)15-13(16(19)20)10-18(17-15)12-6-4-2-3-5-7-12/h8-10,12H,2-7H2,1H3,(H,19,20). The summed E-state index contributed by atoms with van der Waals surface area (Å²) in [5.41, 5.74) is 0.936. The lowest BCUT2D eigenvalue weighted by Gasteiger charge is -2.14. The van der Waals surface area contributed by atoms with Gasteiger partial charge in [-0.05, 0) is 31.9 Å². The normalized spacial score (nSPS) is 16.8. The van der Waals surface area contributed by atoms with E-state index in [1.807, 2.05) is 23.7 Å². The van der Waals surface area contributed by atoms with Gasteiger partial charge in [0.1, 0.15) is 11.3 Å². The fraction of sp³-hybridized carbons (Fsp3) is 0.500. The number of carboxylic acids is 1. The number of carbonyl (C=O) groups is 1. The predicted molar refractivity (Wildman–Crippen MR) is 84.0 cm³/mol. The number of thiophene rings is 1. The van der Waals surface area contributed by atoms with Gasteiger partial charge in [-0.2, -0.15) is 5.10 Å². The number of aryl methyl sites for hydroxylation is 1. The molecule has 0 radical (unpaired) electrons. The molecule has 1 aliphatic carbocycles. The largest absolute Gasteiger partial charge is 0.478 e. The van der Waals surface area contributed by atoms with Gasteiger partial charge in [0.05, 0.1) is 10.9 Å². The number of rotatable bonds is 3. The third-order valence-corrected chi connectivity index (χ3v) is 5.14. The summed E-state index contributed by atoms with van der Waals surface area (Å²) in [7, 11) is 0. The summed E-state index contributed by atoms with van der Waals surface area (Å²) < 4.78 is 1.90. The highest BCUT2D eigenvalue weighted by Gasteiger charge is 2.22. The Bertz CT molecular complexity index is 636. The Morgan fingerprint density at radius 1 is 1.29 bits per heavy atom. The Labute approximate surface area is 128 Å². The van der Waals surface area contributed by atoms with Crippen LogP contribution in [0.2, 0.25) is 0 Å². The zero-order valence-electron chi connectivity index (χ0n) is 12.2. The molecule has 0 amide bonds. The van der Waals surface area contributed by atoms with Gasteiger partial charge >= 0.3 is 5.97 Å². The SMILES string of the molecule is Cc1ccc(-c2nn(C3CCCCCC3)cc2C(=O)O)s1. The van der Waals surface area contributed by atoms with Crippen LogP contribution in [0.1, 0.15) is 59.8 Å². The first-order valence-electron chi connectivity index (χ1n) is 7.54. The molecule has 0 unspecified atom stereocenters. The first kappa shape index (κ1) is 14.3. The van der Waals surface area contributed by atoms with E-state index in [0.717, 1.165) is 17.7 Å². The van der Waals surface area contributed by atoms with Gasteiger partial charge in [-0.15, -0.1) is 11.3 Å². The molecule has 112 valence electrons. The monoisotopic (exact) mass is 304 g/mol. The van der Waals surface area contributed by atoms with Gasteiger partial charge in [0.15, 0.2) is 0 Å². The van der Waals surface area contributed by atoms with Crippen LogP contribution < -0.4 is 0 Å². The first-order chi connectivity index (χ1) is 10.1. The molecule has 21 heavy (non-hydrogen) atoms. The average Bonchev–Trinajstić information content (AvgIpc) is 2.98. The van der Waals surface area contributed by atoms with Gasteiger partial charge in [-0.3, -0.25) is 4.68 Å². The van der Waals surface area contributed by atoms with E-state index in [2.05, 4.69) is 5.10 Å². The molecule has 1 fully saturated rings. The van der Waals surface area contributed by atoms with Gasteiger partial charge < -0.3 is 5.11 Å². The first-order valence-corrected chi connectivity index (χ1v) is 8.36. The van der Waals surface area contributed by atoms with Gasteiger partial charge in [0.25, 0.3) is 0 Å². The molecule has 0 spiro atoms. The smallest absolute Gasteiger partial charge is 0.339 e. The van der Waals surface area contributed by atoms with E-state index in [-0.39, 0.29) is 0 Å². The maximum atomic E-state index is 11.5. The Morgan fingerprint density at radius 3 is 2.57 bits per heavy atom. The van der Waals surface area contributed by atoms with Crippen molar-refractivity contribution in [2.24, 2.45) is 0 Å². The number of carboxylic acid groups (broad SMARTS) is 1. The summed E-state index contributed by atoms with van der Waals surface area (Å²) in [6.45, 7) is 2.02. The second-order valence-corrected chi connectivity index (χ2v) is 7.02.